The summed E-state index contributed by atoms with van der Waals surface area (Å²) in [7, 11) is 1.38. The number of hydrogen-bond acceptors (Lipinski definition) is 7. The number of hydrogen-bond donors (Lipinski definition) is 2. The van der Waals surface area contributed by atoms with Gasteiger partial charge in [-0.05, 0) is 6.42 Å². The smallest absolute Gasteiger partial charge is 0.312 e. The Bertz CT molecular complexity index is 395. The fraction of sp³-hybridized carbons (Fsp3) is 0.444. The highest BCUT2D eigenvalue weighted by Gasteiger charge is 2.15. The molecule has 0 spiro atoms. The van der Waals surface area contributed by atoms with Crippen molar-refractivity contribution in [3.63, 3.8) is 0 Å². The van der Waals surface area contributed by atoms with Crippen LogP contribution in [0.25, 0.3) is 0 Å². The van der Waals surface area contributed by atoms with Gasteiger partial charge in [0.05, 0.1) is 7.11 Å². The molecule has 1 aromatic heterocycles. The maximum atomic E-state index is 11.3. The van der Waals surface area contributed by atoms with Crippen molar-refractivity contribution < 1.29 is 14.3 Å². The normalized spacial score (nSPS) is 9.88. The van der Waals surface area contributed by atoms with Crippen molar-refractivity contribution in [3.8, 4) is 11.8 Å². The Morgan fingerprint density at radius 3 is 2.50 bits per heavy atom. The van der Waals surface area contributed by atoms with Gasteiger partial charge in [-0.2, -0.15) is 9.97 Å². The average molecular weight is 226 g/mol. The van der Waals surface area contributed by atoms with E-state index in [1.165, 1.54) is 7.11 Å². The van der Waals surface area contributed by atoms with Crippen molar-refractivity contribution in [1.29, 1.82) is 0 Å². The molecule has 0 fully saturated rings. The maximum Gasteiger partial charge on any atom is 0.312 e. The van der Waals surface area contributed by atoms with Crippen LogP contribution >= 0.6 is 0 Å². The molecule has 7 nitrogen and oxygen atoms in total. The van der Waals surface area contributed by atoms with E-state index < -0.39 is 5.97 Å². The summed E-state index contributed by atoms with van der Waals surface area (Å²) in [4.78, 5) is 18.7. The first-order valence-corrected chi connectivity index (χ1v) is 4.76. The molecule has 0 aliphatic carbocycles. The van der Waals surface area contributed by atoms with Gasteiger partial charge in [0, 0.05) is 6.42 Å². The number of nitrogens with two attached hydrogens (primary N) is 2. The van der Waals surface area contributed by atoms with Gasteiger partial charge in [0.2, 0.25) is 11.8 Å². The van der Waals surface area contributed by atoms with E-state index in [-0.39, 0.29) is 29.8 Å². The van der Waals surface area contributed by atoms with E-state index in [4.69, 9.17) is 20.9 Å². The van der Waals surface area contributed by atoms with Crippen molar-refractivity contribution >= 4 is 17.6 Å². The third-order valence-corrected chi connectivity index (χ3v) is 1.75. The second-order valence-corrected chi connectivity index (χ2v) is 3.03. The molecule has 16 heavy (non-hydrogen) atoms. The minimum atomic E-state index is -0.422. The van der Waals surface area contributed by atoms with Crippen molar-refractivity contribution in [1.82, 2.24) is 9.97 Å². The molecule has 0 atom stereocenters. The lowest BCUT2D eigenvalue weighted by atomic mass is 10.3. The summed E-state index contributed by atoms with van der Waals surface area (Å²) < 4.78 is 9.79. The molecule has 0 radical (unpaired) electrons. The van der Waals surface area contributed by atoms with Crippen LogP contribution in [0.2, 0.25) is 0 Å². The molecule has 7 heteroatoms. The van der Waals surface area contributed by atoms with Crippen molar-refractivity contribution in [2.45, 2.75) is 19.8 Å². The number of anilines is 2. The first-order chi connectivity index (χ1) is 7.58. The first kappa shape index (κ1) is 12.0. The lowest BCUT2D eigenvalue weighted by Gasteiger charge is -2.08. The Hall–Kier alpha value is -2.05. The van der Waals surface area contributed by atoms with E-state index in [9.17, 15) is 4.79 Å². The second-order valence-electron chi connectivity index (χ2n) is 3.03. The fourth-order valence-electron chi connectivity index (χ4n) is 1.04. The van der Waals surface area contributed by atoms with E-state index in [0.717, 1.165) is 0 Å². The predicted molar refractivity (Wildman–Crippen MR) is 58.0 cm³/mol. The number of ether oxygens (including phenoxy) is 2. The molecule has 1 heterocycles. The molecule has 0 saturated heterocycles. The molecule has 0 amide bonds. The van der Waals surface area contributed by atoms with Crippen LogP contribution in [0.1, 0.15) is 19.8 Å². The minimum Gasteiger partial charge on any atom is -0.479 e. The zero-order valence-electron chi connectivity index (χ0n) is 9.19. The van der Waals surface area contributed by atoms with Crippen LogP contribution in [-0.2, 0) is 4.79 Å². The van der Waals surface area contributed by atoms with Crippen LogP contribution < -0.4 is 20.9 Å². The number of esters is 1. The van der Waals surface area contributed by atoms with Gasteiger partial charge in [-0.15, -0.1) is 0 Å². The zero-order valence-corrected chi connectivity index (χ0v) is 9.19. The fourth-order valence-corrected chi connectivity index (χ4v) is 1.04. The number of aromatic nitrogens is 2. The van der Waals surface area contributed by atoms with Gasteiger partial charge < -0.3 is 20.9 Å². The molecular formula is C9H14N4O3. The van der Waals surface area contributed by atoms with Gasteiger partial charge >= 0.3 is 5.97 Å². The van der Waals surface area contributed by atoms with E-state index in [0.29, 0.717) is 6.42 Å². The summed E-state index contributed by atoms with van der Waals surface area (Å²) in [6, 6.07) is 0. The van der Waals surface area contributed by atoms with Crippen LogP contribution in [0, 0.1) is 0 Å². The van der Waals surface area contributed by atoms with E-state index in [1.807, 2.05) is 6.92 Å². The number of methoxy groups -OCH3 is 1. The van der Waals surface area contributed by atoms with Crippen LogP contribution in [0.5, 0.6) is 11.8 Å². The second kappa shape index (κ2) is 5.15. The number of nitrogen functional groups attached to an aromatic ring is 2. The quantitative estimate of drug-likeness (QED) is 0.712. The average Bonchev–Trinajstić information content (AvgIpc) is 2.23. The van der Waals surface area contributed by atoms with E-state index in [2.05, 4.69) is 9.97 Å². The van der Waals surface area contributed by atoms with Crippen LogP contribution in [0.15, 0.2) is 0 Å². The number of carbonyl (C=O) groups excluding carboxylic acids is 1. The van der Waals surface area contributed by atoms with Crippen LogP contribution in [0.3, 0.4) is 0 Å². The van der Waals surface area contributed by atoms with Gasteiger partial charge in [0.15, 0.2) is 5.69 Å². The van der Waals surface area contributed by atoms with Gasteiger partial charge in [0.1, 0.15) is 0 Å². The Kier molecular flexibility index (Phi) is 3.87. The monoisotopic (exact) mass is 226 g/mol. The summed E-state index contributed by atoms with van der Waals surface area (Å²) >= 11 is 0. The van der Waals surface area contributed by atoms with Gasteiger partial charge in [-0.25, -0.2) is 0 Å². The van der Waals surface area contributed by atoms with Crippen LogP contribution in [0.4, 0.5) is 11.6 Å². The van der Waals surface area contributed by atoms with Crippen LogP contribution in [-0.4, -0.2) is 23.0 Å². The topological polar surface area (TPSA) is 113 Å². The summed E-state index contributed by atoms with van der Waals surface area (Å²) in [5.74, 6) is -0.464. The number of carbonyl (C=O) groups is 1. The highest BCUT2D eigenvalue weighted by Crippen LogP contribution is 2.28. The van der Waals surface area contributed by atoms with Crippen molar-refractivity contribution in [2.24, 2.45) is 0 Å². The molecule has 1 aromatic rings. The lowest BCUT2D eigenvalue weighted by Crippen LogP contribution is -2.12. The maximum absolute atomic E-state index is 11.3. The molecule has 0 aliphatic heterocycles. The number of nitrogens with zero attached hydrogens (tertiary/aromatic N) is 2. The minimum absolute atomic E-state index is 0.0566. The Balaban J connectivity index is 2.95. The van der Waals surface area contributed by atoms with Crippen molar-refractivity contribution in [2.75, 3.05) is 18.6 Å². The zero-order chi connectivity index (χ0) is 12.1. The van der Waals surface area contributed by atoms with Gasteiger partial charge in [0.25, 0.3) is 5.88 Å². The van der Waals surface area contributed by atoms with Gasteiger partial charge in [-0.1, -0.05) is 6.92 Å². The SMILES string of the molecule is CCCC(=O)Oc1nc(N)nc(OC)c1N. The standard InChI is InChI=1S/C9H14N4O3/c1-3-4-5(14)16-8-6(10)7(15-2)12-9(11)13-8/h3-4,10H2,1-2H3,(H2,11,12,13). The summed E-state index contributed by atoms with van der Waals surface area (Å²) in [5, 5.41) is 0. The largest absolute Gasteiger partial charge is 0.479 e. The third-order valence-electron chi connectivity index (χ3n) is 1.75. The highest BCUT2D eigenvalue weighted by atomic mass is 16.5. The summed E-state index contributed by atoms with van der Waals surface area (Å²) in [6.45, 7) is 1.86. The molecule has 88 valence electrons. The molecular weight excluding hydrogens is 212 g/mol. The molecule has 0 aliphatic rings. The molecule has 4 N–H and O–H groups in total. The molecule has 0 aromatic carbocycles. The molecule has 0 unspecified atom stereocenters. The number of rotatable bonds is 4. The third kappa shape index (κ3) is 2.72. The molecule has 0 saturated carbocycles. The first-order valence-electron chi connectivity index (χ1n) is 4.76. The molecule has 1 rings (SSSR count). The highest BCUT2D eigenvalue weighted by molar-refractivity contribution is 5.74. The van der Waals surface area contributed by atoms with E-state index in [1.54, 1.807) is 0 Å². The van der Waals surface area contributed by atoms with E-state index >= 15 is 0 Å². The Labute approximate surface area is 92.8 Å². The summed E-state index contributed by atoms with van der Waals surface area (Å²) in [5.41, 5.74) is 11.1. The van der Waals surface area contributed by atoms with Crippen molar-refractivity contribution in [3.05, 3.63) is 0 Å². The molecule has 0 bridgehead atoms. The lowest BCUT2D eigenvalue weighted by molar-refractivity contribution is -0.134. The Morgan fingerprint density at radius 1 is 1.31 bits per heavy atom. The van der Waals surface area contributed by atoms with Gasteiger partial charge in [-0.3, -0.25) is 4.79 Å². The predicted octanol–water partition coefficient (Wildman–Crippen LogP) is 0.355. The Morgan fingerprint density at radius 2 is 1.94 bits per heavy atom. The summed E-state index contributed by atoms with van der Waals surface area (Å²) in [6.07, 6.45) is 0.960.